The van der Waals surface area contributed by atoms with Gasteiger partial charge in [-0.2, -0.15) is 0 Å². The van der Waals surface area contributed by atoms with E-state index in [0.717, 1.165) is 12.8 Å². The summed E-state index contributed by atoms with van der Waals surface area (Å²) in [7, 11) is -3.79. The Bertz CT molecular complexity index is 675. The van der Waals surface area contributed by atoms with E-state index < -0.39 is 7.82 Å². The molecule has 33 heavy (non-hydrogen) atoms. The standard InChI is InChI=1S/C15H33O4P.C12H10.H3N/c1-3-5-6-7-8-9-10-11-12-13-15-19-20(16,17)18-14-4-2;1-3-7-11(8-4-1)12-9-5-2-6-10-12;/h3-15H2,1-2H3,(H,16,17);1-10H;1H3. The van der Waals surface area contributed by atoms with Crippen molar-refractivity contribution in [1.82, 2.24) is 6.15 Å². The van der Waals surface area contributed by atoms with E-state index in [1.165, 1.54) is 62.5 Å². The van der Waals surface area contributed by atoms with E-state index in [1.807, 2.05) is 19.1 Å². The third kappa shape index (κ3) is 17.6. The minimum Gasteiger partial charge on any atom is -0.344 e. The SMILES string of the molecule is CCCCCCCCCCCCOP(=O)(O)OCCC.N.c1ccc(-c2ccccc2)cc1. The largest absolute Gasteiger partial charge is 0.472 e. The maximum Gasteiger partial charge on any atom is 0.472 e. The number of rotatable bonds is 16. The molecule has 188 valence electrons. The predicted molar refractivity (Wildman–Crippen MR) is 141 cm³/mol. The summed E-state index contributed by atoms with van der Waals surface area (Å²) in [6.07, 6.45) is 13.1. The molecule has 0 aliphatic heterocycles. The zero-order valence-corrected chi connectivity index (χ0v) is 21.7. The molecule has 0 saturated heterocycles. The molecule has 0 radical (unpaired) electrons. The van der Waals surface area contributed by atoms with E-state index >= 15 is 0 Å². The van der Waals surface area contributed by atoms with Crippen LogP contribution in [0, 0.1) is 0 Å². The maximum absolute atomic E-state index is 11.3. The van der Waals surface area contributed by atoms with E-state index in [-0.39, 0.29) is 12.8 Å². The second kappa shape index (κ2) is 21.1. The van der Waals surface area contributed by atoms with Gasteiger partial charge in [-0.3, -0.25) is 9.05 Å². The summed E-state index contributed by atoms with van der Waals surface area (Å²) in [6, 6.07) is 20.8. The predicted octanol–water partition coefficient (Wildman–Crippen LogP) is 8.97. The fourth-order valence-corrected chi connectivity index (χ4v) is 4.12. The van der Waals surface area contributed by atoms with Crippen molar-refractivity contribution < 1.29 is 18.5 Å². The minimum absolute atomic E-state index is 0. The Morgan fingerprint density at radius 1 is 0.606 bits per heavy atom. The van der Waals surface area contributed by atoms with Crippen LogP contribution in [-0.4, -0.2) is 18.1 Å². The average Bonchev–Trinajstić information content (AvgIpc) is 2.83. The molecule has 4 N–H and O–H groups in total. The van der Waals surface area contributed by atoms with E-state index in [9.17, 15) is 9.46 Å². The molecule has 0 amide bonds. The highest BCUT2D eigenvalue weighted by atomic mass is 31.2. The van der Waals surface area contributed by atoms with Gasteiger partial charge in [-0.15, -0.1) is 0 Å². The molecule has 1 atom stereocenters. The fraction of sp³-hybridized carbons (Fsp3) is 0.556. The molecular formula is C27H46NO4P. The van der Waals surface area contributed by atoms with Crippen LogP contribution >= 0.6 is 7.82 Å². The molecule has 1 unspecified atom stereocenters. The van der Waals surface area contributed by atoms with Gasteiger partial charge in [0.25, 0.3) is 0 Å². The van der Waals surface area contributed by atoms with Crippen molar-refractivity contribution in [3.63, 3.8) is 0 Å². The first-order valence-electron chi connectivity index (χ1n) is 12.3. The van der Waals surface area contributed by atoms with Gasteiger partial charge in [0.1, 0.15) is 0 Å². The molecule has 0 aliphatic carbocycles. The number of hydrogen-bond donors (Lipinski definition) is 2. The summed E-state index contributed by atoms with van der Waals surface area (Å²) in [4.78, 5) is 9.30. The second-order valence-electron chi connectivity index (χ2n) is 8.05. The van der Waals surface area contributed by atoms with Crippen LogP contribution in [0.5, 0.6) is 0 Å². The third-order valence-corrected chi connectivity index (χ3v) is 6.11. The molecular weight excluding hydrogens is 433 g/mol. The number of unbranched alkanes of at least 4 members (excludes halogenated alkanes) is 9. The molecule has 2 aromatic rings. The summed E-state index contributed by atoms with van der Waals surface area (Å²) in [5.74, 6) is 0. The van der Waals surface area contributed by atoms with Crippen LogP contribution in [0.4, 0.5) is 0 Å². The highest BCUT2D eigenvalue weighted by molar-refractivity contribution is 7.47. The molecule has 2 aromatic carbocycles. The van der Waals surface area contributed by atoms with E-state index in [1.54, 1.807) is 0 Å². The van der Waals surface area contributed by atoms with Crippen LogP contribution in [0.25, 0.3) is 11.1 Å². The first-order valence-corrected chi connectivity index (χ1v) is 13.8. The molecule has 0 fully saturated rings. The van der Waals surface area contributed by atoms with Gasteiger partial charge in [0.2, 0.25) is 0 Å². The Kier molecular flexibility index (Phi) is 20.1. The van der Waals surface area contributed by atoms with E-state index in [2.05, 4.69) is 55.5 Å². The monoisotopic (exact) mass is 479 g/mol. The quantitative estimate of drug-likeness (QED) is 0.185. The number of hydrogen-bond acceptors (Lipinski definition) is 4. The lowest BCUT2D eigenvalue weighted by Crippen LogP contribution is -1.98. The average molecular weight is 480 g/mol. The van der Waals surface area contributed by atoms with Crippen molar-refractivity contribution in [2.24, 2.45) is 0 Å². The van der Waals surface area contributed by atoms with Crippen molar-refractivity contribution in [1.29, 1.82) is 0 Å². The highest BCUT2D eigenvalue weighted by Crippen LogP contribution is 2.43. The molecule has 0 heterocycles. The molecule has 0 bridgehead atoms. The van der Waals surface area contributed by atoms with Crippen LogP contribution < -0.4 is 6.15 Å². The second-order valence-corrected chi connectivity index (χ2v) is 9.50. The van der Waals surface area contributed by atoms with Crippen LogP contribution in [-0.2, 0) is 13.6 Å². The molecule has 6 heteroatoms. The van der Waals surface area contributed by atoms with Gasteiger partial charge in [-0.25, -0.2) is 4.57 Å². The summed E-state index contributed by atoms with van der Waals surface area (Å²) in [5.41, 5.74) is 2.55. The van der Waals surface area contributed by atoms with Crippen molar-refractivity contribution in [3.05, 3.63) is 60.7 Å². The molecule has 0 spiro atoms. The molecule has 0 aliphatic rings. The minimum atomic E-state index is -3.79. The lowest BCUT2D eigenvalue weighted by Gasteiger charge is -2.11. The Balaban J connectivity index is 0.000000666. The molecule has 2 rings (SSSR count). The van der Waals surface area contributed by atoms with Gasteiger partial charge in [-0.1, -0.05) is 132 Å². The first-order chi connectivity index (χ1) is 15.6. The van der Waals surface area contributed by atoms with Gasteiger partial charge >= 0.3 is 7.82 Å². The van der Waals surface area contributed by atoms with Gasteiger partial charge in [0, 0.05) is 0 Å². The summed E-state index contributed by atoms with van der Waals surface area (Å²) < 4.78 is 21.0. The van der Waals surface area contributed by atoms with Crippen molar-refractivity contribution in [2.75, 3.05) is 13.2 Å². The number of phosphoric acid groups is 1. The van der Waals surface area contributed by atoms with Crippen molar-refractivity contribution in [3.8, 4) is 11.1 Å². The summed E-state index contributed by atoms with van der Waals surface area (Å²) >= 11 is 0. The Morgan fingerprint density at radius 3 is 1.42 bits per heavy atom. The fourth-order valence-electron chi connectivity index (χ4n) is 3.27. The smallest absolute Gasteiger partial charge is 0.344 e. The van der Waals surface area contributed by atoms with Crippen LogP contribution in [0.2, 0.25) is 0 Å². The molecule has 0 aromatic heterocycles. The lowest BCUT2D eigenvalue weighted by atomic mass is 10.1. The van der Waals surface area contributed by atoms with Crippen LogP contribution in [0.15, 0.2) is 60.7 Å². The first kappa shape index (κ1) is 31.5. The Hall–Kier alpha value is -1.49. The third-order valence-electron chi connectivity index (χ3n) is 5.09. The van der Waals surface area contributed by atoms with Crippen molar-refractivity contribution in [2.45, 2.75) is 84.5 Å². The van der Waals surface area contributed by atoms with E-state index in [0.29, 0.717) is 13.0 Å². The van der Waals surface area contributed by atoms with Gasteiger partial charge < -0.3 is 11.0 Å². The number of phosphoric ester groups is 1. The van der Waals surface area contributed by atoms with Gasteiger partial charge in [-0.05, 0) is 24.0 Å². The summed E-state index contributed by atoms with van der Waals surface area (Å²) in [6.45, 7) is 4.71. The topological polar surface area (TPSA) is 90.8 Å². The zero-order valence-electron chi connectivity index (χ0n) is 20.8. The highest BCUT2D eigenvalue weighted by Gasteiger charge is 2.19. The van der Waals surface area contributed by atoms with Gasteiger partial charge in [0.05, 0.1) is 13.2 Å². The zero-order chi connectivity index (χ0) is 23.3. The van der Waals surface area contributed by atoms with E-state index in [4.69, 9.17) is 9.05 Å². The lowest BCUT2D eigenvalue weighted by molar-refractivity contribution is 0.147. The summed E-state index contributed by atoms with van der Waals surface area (Å²) in [5, 5.41) is 0. The normalized spacial score (nSPS) is 12.2. The van der Waals surface area contributed by atoms with Crippen molar-refractivity contribution >= 4 is 7.82 Å². The van der Waals surface area contributed by atoms with Crippen LogP contribution in [0.3, 0.4) is 0 Å². The maximum atomic E-state index is 11.3. The molecule has 0 saturated carbocycles. The Morgan fingerprint density at radius 2 is 1.00 bits per heavy atom. The molecule has 5 nitrogen and oxygen atoms in total. The van der Waals surface area contributed by atoms with Gasteiger partial charge in [0.15, 0.2) is 0 Å². The Labute approximate surface area is 202 Å². The van der Waals surface area contributed by atoms with Crippen LogP contribution in [0.1, 0.15) is 84.5 Å². The number of benzene rings is 2.